The minimum Gasteiger partial charge on any atom is -0.370 e. The standard InChI is InChI=1S/C17H21N3O/c1-14(20(2)16-11-7-4-8-12-16)13-18-17(21)19-15-9-5-3-6-10-15/h3-12,14H,13H2,1-2H3,(H2,18,19,21). The maximum atomic E-state index is 11.8. The van der Waals surface area contributed by atoms with Crippen LogP contribution < -0.4 is 15.5 Å². The summed E-state index contributed by atoms with van der Waals surface area (Å²) >= 11 is 0. The van der Waals surface area contributed by atoms with Gasteiger partial charge in [0.2, 0.25) is 0 Å². The number of urea groups is 1. The van der Waals surface area contributed by atoms with Crippen molar-refractivity contribution in [3.8, 4) is 0 Å². The zero-order valence-corrected chi connectivity index (χ0v) is 12.4. The average molecular weight is 283 g/mol. The van der Waals surface area contributed by atoms with Gasteiger partial charge in [-0.25, -0.2) is 4.79 Å². The monoisotopic (exact) mass is 283 g/mol. The van der Waals surface area contributed by atoms with Crippen molar-refractivity contribution in [2.24, 2.45) is 0 Å². The first-order chi connectivity index (χ1) is 10.2. The van der Waals surface area contributed by atoms with Crippen molar-refractivity contribution in [2.45, 2.75) is 13.0 Å². The zero-order chi connectivity index (χ0) is 15.1. The number of nitrogens with zero attached hydrogens (tertiary/aromatic N) is 1. The average Bonchev–Trinajstić information content (AvgIpc) is 2.53. The number of benzene rings is 2. The van der Waals surface area contributed by atoms with Crippen molar-refractivity contribution < 1.29 is 4.79 Å². The molecule has 0 bridgehead atoms. The first-order valence-electron chi connectivity index (χ1n) is 7.04. The lowest BCUT2D eigenvalue weighted by molar-refractivity contribution is 0.251. The van der Waals surface area contributed by atoms with E-state index in [-0.39, 0.29) is 12.1 Å². The van der Waals surface area contributed by atoms with Crippen LogP contribution in [-0.4, -0.2) is 25.7 Å². The van der Waals surface area contributed by atoms with E-state index < -0.39 is 0 Å². The molecule has 0 saturated heterocycles. The predicted octanol–water partition coefficient (Wildman–Crippen LogP) is 3.33. The summed E-state index contributed by atoms with van der Waals surface area (Å²) in [5, 5.41) is 5.70. The van der Waals surface area contributed by atoms with Gasteiger partial charge in [-0.2, -0.15) is 0 Å². The Labute approximate surface area is 125 Å². The third-order valence-electron chi connectivity index (χ3n) is 3.41. The predicted molar refractivity (Wildman–Crippen MR) is 87.8 cm³/mol. The fourth-order valence-electron chi connectivity index (χ4n) is 1.99. The van der Waals surface area contributed by atoms with E-state index in [4.69, 9.17) is 0 Å². The normalized spacial score (nSPS) is 11.5. The van der Waals surface area contributed by atoms with Gasteiger partial charge in [0.15, 0.2) is 0 Å². The molecule has 1 atom stereocenters. The molecule has 2 rings (SSSR count). The van der Waals surface area contributed by atoms with Gasteiger partial charge in [-0.3, -0.25) is 0 Å². The maximum absolute atomic E-state index is 11.8. The molecule has 4 heteroatoms. The molecular formula is C17H21N3O. The first-order valence-corrected chi connectivity index (χ1v) is 7.04. The van der Waals surface area contributed by atoms with Crippen LogP contribution in [0.4, 0.5) is 16.2 Å². The third kappa shape index (κ3) is 4.53. The molecule has 0 spiro atoms. The highest BCUT2D eigenvalue weighted by molar-refractivity contribution is 5.89. The van der Waals surface area contributed by atoms with Crippen LogP contribution >= 0.6 is 0 Å². The number of amides is 2. The summed E-state index contributed by atoms with van der Waals surface area (Å²) in [6.45, 7) is 2.65. The Morgan fingerprint density at radius 1 is 1.05 bits per heavy atom. The van der Waals surface area contributed by atoms with E-state index in [1.165, 1.54) is 0 Å². The number of hydrogen-bond acceptors (Lipinski definition) is 2. The Hall–Kier alpha value is -2.49. The molecule has 0 radical (unpaired) electrons. The van der Waals surface area contributed by atoms with Gasteiger partial charge in [0.05, 0.1) is 0 Å². The molecule has 0 fully saturated rings. The minimum absolute atomic E-state index is 0.186. The lowest BCUT2D eigenvalue weighted by atomic mass is 10.2. The molecule has 4 nitrogen and oxygen atoms in total. The van der Waals surface area contributed by atoms with E-state index >= 15 is 0 Å². The molecule has 0 heterocycles. The van der Waals surface area contributed by atoms with Crippen molar-refractivity contribution in [3.63, 3.8) is 0 Å². The number of likely N-dealkylation sites (N-methyl/N-ethyl adjacent to an activating group) is 1. The number of anilines is 2. The summed E-state index contributed by atoms with van der Waals surface area (Å²) in [6, 6.07) is 19.6. The third-order valence-corrected chi connectivity index (χ3v) is 3.41. The van der Waals surface area contributed by atoms with Crippen LogP contribution in [0.25, 0.3) is 0 Å². The van der Waals surface area contributed by atoms with Gasteiger partial charge in [0.1, 0.15) is 0 Å². The summed E-state index contributed by atoms with van der Waals surface area (Å²) in [5.41, 5.74) is 1.93. The fraction of sp³-hybridized carbons (Fsp3) is 0.235. The van der Waals surface area contributed by atoms with Crippen LogP contribution in [0.2, 0.25) is 0 Å². The van der Waals surface area contributed by atoms with Crippen LogP contribution in [0.15, 0.2) is 60.7 Å². The molecule has 110 valence electrons. The van der Waals surface area contributed by atoms with Gasteiger partial charge < -0.3 is 15.5 Å². The van der Waals surface area contributed by atoms with E-state index in [0.29, 0.717) is 6.54 Å². The number of carbonyl (C=O) groups excluding carboxylic acids is 1. The van der Waals surface area contributed by atoms with E-state index in [0.717, 1.165) is 11.4 Å². The van der Waals surface area contributed by atoms with Crippen LogP contribution in [0, 0.1) is 0 Å². The molecule has 2 N–H and O–H groups in total. The van der Waals surface area contributed by atoms with Crippen LogP contribution in [-0.2, 0) is 0 Å². The van der Waals surface area contributed by atoms with Crippen molar-refractivity contribution >= 4 is 17.4 Å². The summed E-state index contributed by atoms with van der Waals surface area (Å²) in [5.74, 6) is 0. The molecule has 0 aliphatic carbocycles. The molecule has 21 heavy (non-hydrogen) atoms. The topological polar surface area (TPSA) is 44.4 Å². The number of hydrogen-bond donors (Lipinski definition) is 2. The molecule has 0 aromatic heterocycles. The second-order valence-corrected chi connectivity index (χ2v) is 5.00. The number of carbonyl (C=O) groups is 1. The van der Waals surface area contributed by atoms with Crippen molar-refractivity contribution in [2.75, 3.05) is 23.8 Å². The zero-order valence-electron chi connectivity index (χ0n) is 12.4. The Bertz CT molecular complexity index is 557. The van der Waals surface area contributed by atoms with Crippen molar-refractivity contribution in [3.05, 3.63) is 60.7 Å². The van der Waals surface area contributed by atoms with Gasteiger partial charge in [-0.05, 0) is 31.2 Å². The quantitative estimate of drug-likeness (QED) is 0.884. The van der Waals surface area contributed by atoms with Gasteiger partial charge >= 0.3 is 6.03 Å². The Kier molecular flexibility index (Phi) is 5.21. The Balaban J connectivity index is 1.81. The van der Waals surface area contributed by atoms with Gasteiger partial charge in [-0.15, -0.1) is 0 Å². The van der Waals surface area contributed by atoms with E-state index in [2.05, 4.69) is 34.6 Å². The second-order valence-electron chi connectivity index (χ2n) is 5.00. The highest BCUT2D eigenvalue weighted by atomic mass is 16.2. The molecule has 2 amide bonds. The van der Waals surface area contributed by atoms with Crippen molar-refractivity contribution in [1.29, 1.82) is 0 Å². The first kappa shape index (κ1) is 14.9. The van der Waals surface area contributed by atoms with Crippen LogP contribution in [0.3, 0.4) is 0 Å². The van der Waals surface area contributed by atoms with Crippen LogP contribution in [0.1, 0.15) is 6.92 Å². The maximum Gasteiger partial charge on any atom is 0.319 e. The molecule has 0 aliphatic rings. The molecule has 0 aliphatic heterocycles. The van der Waals surface area contributed by atoms with E-state index in [1.807, 2.05) is 55.6 Å². The van der Waals surface area contributed by atoms with E-state index in [9.17, 15) is 4.79 Å². The van der Waals surface area contributed by atoms with Gasteiger partial charge in [0, 0.05) is 31.0 Å². The lowest BCUT2D eigenvalue weighted by Crippen LogP contribution is -2.41. The molecule has 2 aromatic carbocycles. The number of para-hydroxylation sites is 2. The van der Waals surface area contributed by atoms with Gasteiger partial charge in [-0.1, -0.05) is 36.4 Å². The summed E-state index contributed by atoms with van der Waals surface area (Å²) in [4.78, 5) is 14.0. The number of nitrogens with one attached hydrogen (secondary N) is 2. The summed E-state index contributed by atoms with van der Waals surface area (Å²) < 4.78 is 0. The van der Waals surface area contributed by atoms with E-state index in [1.54, 1.807) is 0 Å². The largest absolute Gasteiger partial charge is 0.370 e. The van der Waals surface area contributed by atoms with Crippen molar-refractivity contribution in [1.82, 2.24) is 5.32 Å². The summed E-state index contributed by atoms with van der Waals surface area (Å²) in [7, 11) is 2.02. The highest BCUT2D eigenvalue weighted by Crippen LogP contribution is 2.13. The SMILES string of the molecule is CC(CNC(=O)Nc1ccccc1)N(C)c1ccccc1. The summed E-state index contributed by atoms with van der Waals surface area (Å²) in [6.07, 6.45) is 0. The Morgan fingerprint density at radius 2 is 1.62 bits per heavy atom. The Morgan fingerprint density at radius 3 is 2.24 bits per heavy atom. The second kappa shape index (κ2) is 7.33. The highest BCUT2D eigenvalue weighted by Gasteiger charge is 2.11. The number of rotatable bonds is 5. The van der Waals surface area contributed by atoms with Crippen LogP contribution in [0.5, 0.6) is 0 Å². The lowest BCUT2D eigenvalue weighted by Gasteiger charge is -2.27. The molecule has 1 unspecified atom stereocenters. The molecular weight excluding hydrogens is 262 g/mol. The molecule has 0 saturated carbocycles. The fourth-order valence-corrected chi connectivity index (χ4v) is 1.99. The molecule has 2 aromatic rings. The smallest absolute Gasteiger partial charge is 0.319 e. The van der Waals surface area contributed by atoms with Gasteiger partial charge in [0.25, 0.3) is 0 Å². The minimum atomic E-state index is -0.186.